The molecule has 0 bridgehead atoms. The van der Waals surface area contributed by atoms with Crippen molar-refractivity contribution in [3.8, 4) is 0 Å². The van der Waals surface area contributed by atoms with Crippen LogP contribution in [-0.2, 0) is 20.8 Å². The minimum absolute atomic E-state index is 0.111. The van der Waals surface area contributed by atoms with Crippen LogP contribution in [0.5, 0.6) is 0 Å². The number of hydrogen-bond donors (Lipinski definition) is 3. The van der Waals surface area contributed by atoms with Crippen molar-refractivity contribution >= 4 is 17.9 Å². The van der Waals surface area contributed by atoms with Crippen LogP contribution in [0.4, 0.5) is 0 Å². The van der Waals surface area contributed by atoms with E-state index in [0.717, 1.165) is 36.3 Å². The Bertz CT molecular complexity index is 630. The van der Waals surface area contributed by atoms with Crippen molar-refractivity contribution in [2.24, 2.45) is 17.8 Å². The second kappa shape index (κ2) is 15.5. The monoisotopic (exact) mass is 422 g/mol. The Labute approximate surface area is 180 Å². The van der Waals surface area contributed by atoms with E-state index in [1.54, 1.807) is 0 Å². The number of hydrogen-bond acceptors (Lipinski definition) is 3. The van der Waals surface area contributed by atoms with Crippen LogP contribution >= 0.6 is 0 Å². The second-order valence-corrected chi connectivity index (χ2v) is 8.39. The van der Waals surface area contributed by atoms with E-state index in [1.165, 1.54) is 12.8 Å². The molecular weight excluding hydrogens is 384 g/mol. The lowest BCUT2D eigenvalue weighted by Crippen LogP contribution is -2.15. The predicted octanol–water partition coefficient (Wildman–Crippen LogP) is 5.42. The van der Waals surface area contributed by atoms with E-state index in [1.807, 2.05) is 45.0 Å². The molecule has 30 heavy (non-hydrogen) atoms. The average Bonchev–Trinajstić information content (AvgIpc) is 2.65. The normalized spacial score (nSPS) is 18.7. The zero-order chi connectivity index (χ0) is 23.1. The quantitative estimate of drug-likeness (QED) is 0.541. The summed E-state index contributed by atoms with van der Waals surface area (Å²) in [5, 5.41) is 25.2. The first-order chi connectivity index (χ1) is 14.0. The van der Waals surface area contributed by atoms with Gasteiger partial charge in [0.25, 0.3) is 0 Å². The van der Waals surface area contributed by atoms with Crippen molar-refractivity contribution < 1.29 is 29.7 Å². The van der Waals surface area contributed by atoms with Gasteiger partial charge in [0.1, 0.15) is 0 Å². The molecule has 6 heteroatoms. The molecule has 1 unspecified atom stereocenters. The summed E-state index contributed by atoms with van der Waals surface area (Å²) in [6.45, 7) is 8.16. The molecule has 0 aliphatic heterocycles. The highest BCUT2D eigenvalue weighted by Gasteiger charge is 2.19. The van der Waals surface area contributed by atoms with Gasteiger partial charge in [-0.25, -0.2) is 0 Å². The van der Waals surface area contributed by atoms with E-state index in [-0.39, 0.29) is 6.42 Å². The average molecular weight is 423 g/mol. The summed E-state index contributed by atoms with van der Waals surface area (Å²) in [4.78, 5) is 30.6. The maximum Gasteiger partial charge on any atom is 0.307 e. The van der Waals surface area contributed by atoms with E-state index in [9.17, 15) is 14.4 Å². The van der Waals surface area contributed by atoms with Crippen molar-refractivity contribution in [1.29, 1.82) is 0 Å². The molecular formula is C24H38O6. The first-order valence-corrected chi connectivity index (χ1v) is 10.7. The van der Waals surface area contributed by atoms with Gasteiger partial charge in [-0.1, -0.05) is 69.9 Å². The molecule has 0 spiro atoms. The molecule has 0 amide bonds. The molecule has 2 rings (SSSR count). The molecule has 3 N–H and O–H groups in total. The minimum atomic E-state index is -0.783. The van der Waals surface area contributed by atoms with Gasteiger partial charge in [-0.2, -0.15) is 0 Å². The van der Waals surface area contributed by atoms with Crippen LogP contribution < -0.4 is 0 Å². The molecule has 170 valence electrons. The van der Waals surface area contributed by atoms with E-state index < -0.39 is 17.9 Å². The number of carboxylic acids is 3. The van der Waals surface area contributed by atoms with E-state index in [4.69, 9.17) is 15.3 Å². The van der Waals surface area contributed by atoms with Crippen molar-refractivity contribution in [3.05, 3.63) is 35.4 Å². The molecule has 1 aliphatic rings. The van der Waals surface area contributed by atoms with Crippen LogP contribution in [0.3, 0.4) is 0 Å². The van der Waals surface area contributed by atoms with Gasteiger partial charge in [-0.05, 0) is 43.1 Å². The molecule has 0 heterocycles. The van der Waals surface area contributed by atoms with E-state index in [2.05, 4.69) is 6.92 Å². The molecule has 1 aromatic rings. The van der Waals surface area contributed by atoms with Gasteiger partial charge in [-0.15, -0.1) is 0 Å². The largest absolute Gasteiger partial charge is 0.481 e. The Kier molecular flexibility index (Phi) is 14.2. The van der Waals surface area contributed by atoms with E-state index in [0.29, 0.717) is 24.7 Å². The Morgan fingerprint density at radius 1 is 0.933 bits per heavy atom. The van der Waals surface area contributed by atoms with Gasteiger partial charge in [0, 0.05) is 12.8 Å². The molecule has 1 atom stereocenters. The third-order valence-corrected chi connectivity index (χ3v) is 5.29. The predicted molar refractivity (Wildman–Crippen MR) is 118 cm³/mol. The topological polar surface area (TPSA) is 112 Å². The van der Waals surface area contributed by atoms with Crippen LogP contribution in [0.25, 0.3) is 0 Å². The fourth-order valence-electron chi connectivity index (χ4n) is 3.10. The van der Waals surface area contributed by atoms with Crippen LogP contribution in [0.2, 0.25) is 0 Å². The number of benzene rings is 1. The SMILES string of the molecule is CC1CCC(CC(=O)O)CC1.CCC(C)CC(=O)O.Cc1ccc(CC(=O)O)cc1. The van der Waals surface area contributed by atoms with Gasteiger partial charge in [-0.3, -0.25) is 14.4 Å². The van der Waals surface area contributed by atoms with Gasteiger partial charge in [0.05, 0.1) is 6.42 Å². The highest BCUT2D eigenvalue weighted by molar-refractivity contribution is 5.70. The summed E-state index contributed by atoms with van der Waals surface area (Å²) in [6, 6.07) is 7.50. The zero-order valence-electron chi connectivity index (χ0n) is 18.8. The maximum atomic E-state index is 10.3. The van der Waals surface area contributed by atoms with Gasteiger partial charge < -0.3 is 15.3 Å². The lowest BCUT2D eigenvalue weighted by molar-refractivity contribution is -0.139. The van der Waals surface area contributed by atoms with E-state index >= 15 is 0 Å². The van der Waals surface area contributed by atoms with Crippen LogP contribution in [0.1, 0.15) is 76.8 Å². The van der Waals surface area contributed by atoms with Crippen molar-refractivity contribution in [2.45, 2.75) is 79.1 Å². The number of rotatable bonds is 7. The summed E-state index contributed by atoms with van der Waals surface area (Å²) >= 11 is 0. The molecule has 1 fully saturated rings. The van der Waals surface area contributed by atoms with Crippen LogP contribution in [0, 0.1) is 24.7 Å². The molecule has 0 radical (unpaired) electrons. The third kappa shape index (κ3) is 15.5. The van der Waals surface area contributed by atoms with Gasteiger partial charge >= 0.3 is 17.9 Å². The summed E-state index contributed by atoms with van der Waals surface area (Å²) in [7, 11) is 0. The van der Waals surface area contributed by atoms with Crippen molar-refractivity contribution in [1.82, 2.24) is 0 Å². The molecule has 0 aromatic heterocycles. The molecule has 1 aliphatic carbocycles. The van der Waals surface area contributed by atoms with Crippen LogP contribution in [0.15, 0.2) is 24.3 Å². The highest BCUT2D eigenvalue weighted by atomic mass is 16.4. The summed E-state index contributed by atoms with van der Waals surface area (Å²) < 4.78 is 0. The fourth-order valence-corrected chi connectivity index (χ4v) is 3.10. The number of aliphatic carboxylic acids is 3. The fraction of sp³-hybridized carbons (Fsp3) is 0.625. The Balaban J connectivity index is 0.000000428. The Morgan fingerprint density at radius 3 is 1.83 bits per heavy atom. The zero-order valence-corrected chi connectivity index (χ0v) is 18.8. The van der Waals surface area contributed by atoms with Crippen molar-refractivity contribution in [2.75, 3.05) is 0 Å². The van der Waals surface area contributed by atoms with Gasteiger partial charge in [0.15, 0.2) is 0 Å². The van der Waals surface area contributed by atoms with Crippen LogP contribution in [-0.4, -0.2) is 33.2 Å². The van der Waals surface area contributed by atoms with Crippen molar-refractivity contribution in [3.63, 3.8) is 0 Å². The number of carboxylic acid groups (broad SMARTS) is 3. The number of carbonyl (C=O) groups is 3. The molecule has 1 aromatic carbocycles. The lowest BCUT2D eigenvalue weighted by atomic mass is 9.81. The maximum absolute atomic E-state index is 10.3. The minimum Gasteiger partial charge on any atom is -0.481 e. The highest BCUT2D eigenvalue weighted by Crippen LogP contribution is 2.30. The summed E-state index contributed by atoms with van der Waals surface area (Å²) in [6.07, 6.45) is 6.42. The number of aryl methyl sites for hydroxylation is 1. The lowest BCUT2D eigenvalue weighted by Gasteiger charge is -2.24. The Hall–Kier alpha value is -2.37. The Morgan fingerprint density at radius 2 is 1.47 bits per heavy atom. The standard InChI is InChI=1S/C9H16O2.C9H10O2.C6H12O2/c2*1-7-2-4-8(5-3-7)6-9(10)11;1-3-5(2)4-6(7)8/h7-8H,2-6H2,1H3,(H,10,11);2-5H,6H2,1H3,(H,10,11);5H,3-4H2,1-2H3,(H,7,8). The third-order valence-electron chi connectivity index (χ3n) is 5.29. The summed E-state index contributed by atoms with van der Waals surface area (Å²) in [5.74, 6) is -0.506. The first-order valence-electron chi connectivity index (χ1n) is 10.7. The molecule has 1 saturated carbocycles. The first kappa shape index (κ1) is 27.6. The summed E-state index contributed by atoms with van der Waals surface area (Å²) in [5.41, 5.74) is 2.00. The molecule has 0 saturated heterocycles. The second-order valence-electron chi connectivity index (χ2n) is 8.39. The van der Waals surface area contributed by atoms with Gasteiger partial charge in [0.2, 0.25) is 0 Å². The smallest absolute Gasteiger partial charge is 0.307 e. The molecule has 6 nitrogen and oxygen atoms in total.